The predicted octanol–water partition coefficient (Wildman–Crippen LogP) is 5.02. The topological polar surface area (TPSA) is 0 Å². The fourth-order valence-corrected chi connectivity index (χ4v) is 2.21. The molecule has 0 saturated heterocycles. The molecule has 0 aliphatic heterocycles. The molecule has 0 saturated carbocycles. The smallest absolute Gasteiger partial charge is 0.0219 e. The molecule has 1 aromatic rings. The molecule has 0 heteroatoms. The minimum atomic E-state index is 0.632. The molecule has 90 valence electrons. The first-order valence-corrected chi connectivity index (χ1v) is 6.70. The van der Waals surface area contributed by atoms with Gasteiger partial charge in [-0.2, -0.15) is 0 Å². The van der Waals surface area contributed by atoms with Crippen LogP contribution in [0, 0.1) is 0 Å². The summed E-state index contributed by atoms with van der Waals surface area (Å²) in [7, 11) is 0. The third-order valence-electron chi connectivity index (χ3n) is 3.42. The Balaban J connectivity index is 1.91. The molecule has 0 amide bonds. The Morgan fingerprint density at radius 3 is 2.35 bits per heavy atom. The number of allylic oxidation sites excluding steroid dienone is 4. The van der Waals surface area contributed by atoms with Gasteiger partial charge in [-0.3, -0.25) is 0 Å². The van der Waals surface area contributed by atoms with Crippen LogP contribution in [-0.4, -0.2) is 0 Å². The number of aryl methyl sites for hydroxylation is 1. The van der Waals surface area contributed by atoms with E-state index in [1.54, 1.807) is 0 Å². The van der Waals surface area contributed by atoms with Crippen LogP contribution >= 0.6 is 0 Å². The summed E-state index contributed by atoms with van der Waals surface area (Å²) in [5, 5.41) is 0. The van der Waals surface area contributed by atoms with E-state index < -0.39 is 0 Å². The van der Waals surface area contributed by atoms with Crippen LogP contribution in [0.2, 0.25) is 0 Å². The summed E-state index contributed by atoms with van der Waals surface area (Å²) in [6, 6.07) is 9.10. The molecular formula is C17H22. The van der Waals surface area contributed by atoms with Crippen molar-refractivity contribution in [2.75, 3.05) is 0 Å². The summed E-state index contributed by atoms with van der Waals surface area (Å²) >= 11 is 0. The number of rotatable bonds is 4. The van der Waals surface area contributed by atoms with Gasteiger partial charge in [-0.15, -0.1) is 0 Å². The third kappa shape index (κ3) is 3.59. The molecule has 0 unspecified atom stereocenters. The van der Waals surface area contributed by atoms with Gasteiger partial charge >= 0.3 is 0 Å². The number of hydrogen-bond donors (Lipinski definition) is 0. The van der Waals surface area contributed by atoms with Gasteiger partial charge < -0.3 is 0 Å². The molecule has 0 fully saturated rings. The van der Waals surface area contributed by atoms with Crippen LogP contribution in [0.4, 0.5) is 0 Å². The molecule has 0 spiro atoms. The SMILES string of the molecule is CC(C)c1ccc(CCC2=CCCC=C2)cc1. The summed E-state index contributed by atoms with van der Waals surface area (Å²) in [6.07, 6.45) is 11.7. The monoisotopic (exact) mass is 226 g/mol. The van der Waals surface area contributed by atoms with Gasteiger partial charge in [0.25, 0.3) is 0 Å². The van der Waals surface area contributed by atoms with Crippen LogP contribution in [0.1, 0.15) is 50.2 Å². The van der Waals surface area contributed by atoms with Gasteiger partial charge in [-0.1, -0.05) is 61.9 Å². The van der Waals surface area contributed by atoms with Crippen molar-refractivity contribution >= 4 is 0 Å². The largest absolute Gasteiger partial charge is 0.0840 e. The Labute approximate surface area is 105 Å². The normalized spacial score (nSPS) is 15.1. The highest BCUT2D eigenvalue weighted by molar-refractivity contribution is 5.27. The fourth-order valence-electron chi connectivity index (χ4n) is 2.21. The highest BCUT2D eigenvalue weighted by Gasteiger charge is 2.01. The van der Waals surface area contributed by atoms with Crippen LogP contribution in [0.25, 0.3) is 0 Å². The molecular weight excluding hydrogens is 204 g/mol. The van der Waals surface area contributed by atoms with E-state index in [-0.39, 0.29) is 0 Å². The van der Waals surface area contributed by atoms with Crippen LogP contribution in [0.5, 0.6) is 0 Å². The van der Waals surface area contributed by atoms with Crippen molar-refractivity contribution < 1.29 is 0 Å². The maximum absolute atomic E-state index is 2.38. The molecule has 1 aliphatic rings. The zero-order valence-electron chi connectivity index (χ0n) is 10.9. The Kier molecular flexibility index (Phi) is 4.19. The van der Waals surface area contributed by atoms with E-state index >= 15 is 0 Å². The predicted molar refractivity (Wildman–Crippen MR) is 75.3 cm³/mol. The van der Waals surface area contributed by atoms with Gasteiger partial charge in [0.2, 0.25) is 0 Å². The van der Waals surface area contributed by atoms with Crippen molar-refractivity contribution in [2.24, 2.45) is 0 Å². The minimum Gasteiger partial charge on any atom is -0.0840 e. The lowest BCUT2D eigenvalue weighted by Crippen LogP contribution is -1.92. The summed E-state index contributed by atoms with van der Waals surface area (Å²) in [6.45, 7) is 4.49. The van der Waals surface area contributed by atoms with Gasteiger partial charge in [0, 0.05) is 0 Å². The van der Waals surface area contributed by atoms with Crippen molar-refractivity contribution in [1.82, 2.24) is 0 Å². The number of benzene rings is 1. The van der Waals surface area contributed by atoms with Crippen LogP contribution in [0.3, 0.4) is 0 Å². The average Bonchev–Trinajstić information content (AvgIpc) is 2.38. The van der Waals surface area contributed by atoms with Crippen LogP contribution in [-0.2, 0) is 6.42 Å². The zero-order chi connectivity index (χ0) is 12.1. The Hall–Kier alpha value is -1.30. The van der Waals surface area contributed by atoms with Gasteiger partial charge in [0.15, 0.2) is 0 Å². The molecule has 2 rings (SSSR count). The maximum atomic E-state index is 2.38. The molecule has 0 bridgehead atoms. The third-order valence-corrected chi connectivity index (χ3v) is 3.42. The van der Waals surface area contributed by atoms with Gasteiger partial charge in [0.05, 0.1) is 0 Å². The Bertz CT molecular complexity index is 404. The highest BCUT2D eigenvalue weighted by atomic mass is 14.1. The molecule has 17 heavy (non-hydrogen) atoms. The van der Waals surface area contributed by atoms with Crippen molar-refractivity contribution in [3.05, 3.63) is 59.2 Å². The second-order valence-corrected chi connectivity index (χ2v) is 5.16. The first-order chi connectivity index (χ1) is 8.25. The van der Waals surface area contributed by atoms with E-state index in [0.717, 1.165) is 6.42 Å². The standard InChI is InChI=1S/C17H22/c1-14(2)17-12-10-16(11-13-17)9-8-15-6-4-3-5-7-15/h4,6-7,10-14H,3,5,8-9H2,1-2H3. The first kappa shape index (κ1) is 12.2. The zero-order valence-corrected chi connectivity index (χ0v) is 10.9. The maximum Gasteiger partial charge on any atom is -0.0219 e. The molecule has 0 heterocycles. The summed E-state index contributed by atoms with van der Waals surface area (Å²) in [5.41, 5.74) is 4.39. The lowest BCUT2D eigenvalue weighted by molar-refractivity contribution is 0.862. The second-order valence-electron chi connectivity index (χ2n) is 5.16. The van der Waals surface area contributed by atoms with E-state index in [1.807, 2.05) is 0 Å². The molecule has 0 atom stereocenters. The quantitative estimate of drug-likeness (QED) is 0.676. The molecule has 1 aliphatic carbocycles. The molecule has 0 radical (unpaired) electrons. The molecule has 1 aromatic carbocycles. The lowest BCUT2D eigenvalue weighted by Gasteiger charge is -2.09. The molecule has 0 nitrogen and oxygen atoms in total. The lowest BCUT2D eigenvalue weighted by atomic mass is 9.97. The average molecular weight is 226 g/mol. The summed E-state index contributed by atoms with van der Waals surface area (Å²) < 4.78 is 0. The van der Waals surface area contributed by atoms with E-state index in [0.29, 0.717) is 5.92 Å². The highest BCUT2D eigenvalue weighted by Crippen LogP contribution is 2.18. The summed E-state index contributed by atoms with van der Waals surface area (Å²) in [5.74, 6) is 0.632. The van der Waals surface area contributed by atoms with Crippen molar-refractivity contribution in [2.45, 2.75) is 45.4 Å². The van der Waals surface area contributed by atoms with Crippen molar-refractivity contribution in [1.29, 1.82) is 0 Å². The summed E-state index contributed by atoms with van der Waals surface area (Å²) in [4.78, 5) is 0. The molecule has 0 N–H and O–H groups in total. The second kappa shape index (κ2) is 5.86. The fraction of sp³-hybridized carbons (Fsp3) is 0.412. The van der Waals surface area contributed by atoms with Gasteiger partial charge in [-0.05, 0) is 42.7 Å². The number of hydrogen-bond acceptors (Lipinski definition) is 0. The van der Waals surface area contributed by atoms with Crippen molar-refractivity contribution in [3.63, 3.8) is 0 Å². The Morgan fingerprint density at radius 2 is 1.76 bits per heavy atom. The minimum absolute atomic E-state index is 0.632. The van der Waals surface area contributed by atoms with E-state index in [1.165, 1.54) is 36.0 Å². The van der Waals surface area contributed by atoms with E-state index in [2.05, 4.69) is 56.3 Å². The van der Waals surface area contributed by atoms with Crippen LogP contribution < -0.4 is 0 Å². The van der Waals surface area contributed by atoms with Gasteiger partial charge in [-0.25, -0.2) is 0 Å². The first-order valence-electron chi connectivity index (χ1n) is 6.70. The Morgan fingerprint density at radius 1 is 1.00 bits per heavy atom. The van der Waals surface area contributed by atoms with E-state index in [9.17, 15) is 0 Å². The van der Waals surface area contributed by atoms with Crippen molar-refractivity contribution in [3.8, 4) is 0 Å². The van der Waals surface area contributed by atoms with Gasteiger partial charge in [0.1, 0.15) is 0 Å². The van der Waals surface area contributed by atoms with E-state index in [4.69, 9.17) is 0 Å². The molecule has 0 aromatic heterocycles. The van der Waals surface area contributed by atoms with Crippen LogP contribution in [0.15, 0.2) is 48.1 Å².